The van der Waals surface area contributed by atoms with Crippen LogP contribution in [-0.4, -0.2) is 26.4 Å². The van der Waals surface area contributed by atoms with Crippen LogP contribution in [0.5, 0.6) is 0 Å². The van der Waals surface area contributed by atoms with Crippen molar-refractivity contribution in [3.8, 4) is 0 Å². The van der Waals surface area contributed by atoms with E-state index in [1.807, 2.05) is 0 Å². The quantitative estimate of drug-likeness (QED) is 0.924. The predicted molar refractivity (Wildman–Crippen MR) is 69.7 cm³/mol. The molecule has 0 aliphatic carbocycles. The van der Waals surface area contributed by atoms with Crippen LogP contribution in [0.25, 0.3) is 0 Å². The molecule has 0 saturated heterocycles. The summed E-state index contributed by atoms with van der Waals surface area (Å²) in [5.74, 6) is -1.54. The molecule has 1 aromatic heterocycles. The molecule has 3 rings (SSSR count). The maximum atomic E-state index is 13.5. The fraction of sp³-hybridized carbons (Fsp3) is 0.250. The molecule has 1 aliphatic heterocycles. The van der Waals surface area contributed by atoms with Crippen molar-refractivity contribution in [1.82, 2.24) is 14.8 Å². The van der Waals surface area contributed by atoms with Crippen molar-refractivity contribution in [3.63, 3.8) is 0 Å². The molecular weight excluding hydrogens is 286 g/mol. The number of halogens is 2. The highest BCUT2D eigenvalue weighted by Crippen LogP contribution is 2.26. The van der Waals surface area contributed by atoms with Crippen molar-refractivity contribution in [3.05, 3.63) is 35.4 Å². The second kappa shape index (κ2) is 5.20. The summed E-state index contributed by atoms with van der Waals surface area (Å²) in [5, 5.41) is 10.9. The van der Waals surface area contributed by atoms with E-state index in [-0.39, 0.29) is 5.95 Å². The minimum absolute atomic E-state index is 0.208. The number of anilines is 1. The van der Waals surface area contributed by atoms with Crippen molar-refractivity contribution in [1.29, 1.82) is 0 Å². The van der Waals surface area contributed by atoms with E-state index in [1.54, 1.807) is 4.57 Å². The van der Waals surface area contributed by atoms with Crippen LogP contribution in [0, 0.1) is 11.6 Å². The second-order valence-corrected chi connectivity index (χ2v) is 5.27. The predicted octanol–water partition coefficient (Wildman–Crippen LogP) is 2.30. The minimum Gasteiger partial charge on any atom is -0.290 e. The summed E-state index contributed by atoms with van der Waals surface area (Å²) < 4.78 is 28.8. The van der Waals surface area contributed by atoms with E-state index in [2.05, 4.69) is 15.5 Å². The first-order valence-electron chi connectivity index (χ1n) is 5.98. The van der Waals surface area contributed by atoms with Gasteiger partial charge in [0.2, 0.25) is 5.95 Å². The SMILES string of the molecule is O=C(Nc1nnc2n1CCCS2)c1c(F)cccc1F. The molecule has 0 spiro atoms. The van der Waals surface area contributed by atoms with E-state index in [0.29, 0.717) is 11.7 Å². The number of rotatable bonds is 2. The smallest absolute Gasteiger partial charge is 0.263 e. The number of hydrogen-bond donors (Lipinski definition) is 1. The first kappa shape index (κ1) is 13.0. The number of thioether (sulfide) groups is 1. The van der Waals surface area contributed by atoms with Crippen LogP contribution < -0.4 is 5.32 Å². The van der Waals surface area contributed by atoms with Crippen molar-refractivity contribution in [2.75, 3.05) is 11.1 Å². The highest BCUT2D eigenvalue weighted by atomic mass is 32.2. The molecule has 104 valence electrons. The molecule has 0 saturated carbocycles. The third-order valence-electron chi connectivity index (χ3n) is 2.89. The highest BCUT2D eigenvalue weighted by Gasteiger charge is 2.22. The van der Waals surface area contributed by atoms with Crippen LogP contribution in [0.15, 0.2) is 23.4 Å². The zero-order valence-electron chi connectivity index (χ0n) is 10.3. The normalized spacial score (nSPS) is 13.9. The molecule has 2 heterocycles. The third kappa shape index (κ3) is 2.26. The number of carbonyl (C=O) groups is 1. The van der Waals surface area contributed by atoms with Crippen LogP contribution in [0.4, 0.5) is 14.7 Å². The lowest BCUT2D eigenvalue weighted by molar-refractivity contribution is 0.101. The molecule has 1 amide bonds. The lowest BCUT2D eigenvalue weighted by Crippen LogP contribution is -2.20. The summed E-state index contributed by atoms with van der Waals surface area (Å²) in [6.45, 7) is 0.671. The van der Waals surface area contributed by atoms with Gasteiger partial charge in [-0.3, -0.25) is 14.7 Å². The molecule has 1 N–H and O–H groups in total. The Morgan fingerprint density at radius 3 is 2.80 bits per heavy atom. The molecule has 5 nitrogen and oxygen atoms in total. The van der Waals surface area contributed by atoms with Crippen LogP contribution in [-0.2, 0) is 6.54 Å². The molecular formula is C12H10F2N4OS. The monoisotopic (exact) mass is 296 g/mol. The largest absolute Gasteiger partial charge is 0.290 e. The zero-order valence-corrected chi connectivity index (χ0v) is 11.1. The topological polar surface area (TPSA) is 59.8 Å². The van der Waals surface area contributed by atoms with Gasteiger partial charge in [0, 0.05) is 12.3 Å². The number of amides is 1. The van der Waals surface area contributed by atoms with Gasteiger partial charge in [0.05, 0.1) is 0 Å². The summed E-state index contributed by atoms with van der Waals surface area (Å²) in [7, 11) is 0. The molecule has 1 aliphatic rings. The Hall–Kier alpha value is -1.96. The maximum absolute atomic E-state index is 13.5. The number of hydrogen-bond acceptors (Lipinski definition) is 4. The Morgan fingerprint density at radius 2 is 2.05 bits per heavy atom. The summed E-state index contributed by atoms with van der Waals surface area (Å²) in [4.78, 5) is 12.0. The Kier molecular flexibility index (Phi) is 3.39. The average Bonchev–Trinajstić information content (AvgIpc) is 2.82. The van der Waals surface area contributed by atoms with Crippen LogP contribution in [0.3, 0.4) is 0 Å². The fourth-order valence-electron chi connectivity index (χ4n) is 1.95. The van der Waals surface area contributed by atoms with Gasteiger partial charge < -0.3 is 0 Å². The first-order chi connectivity index (χ1) is 9.66. The molecule has 0 unspecified atom stereocenters. The van der Waals surface area contributed by atoms with Gasteiger partial charge >= 0.3 is 0 Å². The Bertz CT molecular complexity index is 653. The molecule has 0 fully saturated rings. The number of aromatic nitrogens is 3. The molecule has 1 aromatic carbocycles. The van der Waals surface area contributed by atoms with Gasteiger partial charge in [-0.15, -0.1) is 10.2 Å². The van der Waals surface area contributed by atoms with E-state index in [1.165, 1.54) is 17.8 Å². The lowest BCUT2D eigenvalue weighted by atomic mass is 10.2. The maximum Gasteiger partial charge on any atom is 0.263 e. The summed E-state index contributed by atoms with van der Waals surface area (Å²) in [6, 6.07) is 3.28. The minimum atomic E-state index is -0.907. The number of nitrogens with one attached hydrogen (secondary N) is 1. The Morgan fingerprint density at radius 1 is 1.30 bits per heavy atom. The van der Waals surface area contributed by atoms with E-state index in [0.717, 1.165) is 24.3 Å². The number of carbonyl (C=O) groups excluding carboxylic acids is 1. The number of benzene rings is 1. The summed E-state index contributed by atoms with van der Waals surface area (Å²) in [6.07, 6.45) is 0.923. The second-order valence-electron chi connectivity index (χ2n) is 4.21. The molecule has 20 heavy (non-hydrogen) atoms. The molecule has 8 heteroatoms. The van der Waals surface area contributed by atoms with E-state index < -0.39 is 23.1 Å². The van der Waals surface area contributed by atoms with Crippen LogP contribution in [0.1, 0.15) is 16.8 Å². The van der Waals surface area contributed by atoms with Gasteiger partial charge in [0.25, 0.3) is 5.91 Å². The zero-order chi connectivity index (χ0) is 14.1. The average molecular weight is 296 g/mol. The highest BCUT2D eigenvalue weighted by molar-refractivity contribution is 7.99. The third-order valence-corrected chi connectivity index (χ3v) is 3.94. The standard InChI is InChI=1S/C12H10F2N4OS/c13-7-3-1-4-8(14)9(7)10(19)15-11-16-17-12-18(11)5-2-6-20-12/h1,3-4H,2,5-6H2,(H,15,16,19). The van der Waals surface area contributed by atoms with Crippen molar-refractivity contribution >= 4 is 23.6 Å². The van der Waals surface area contributed by atoms with Gasteiger partial charge in [0.1, 0.15) is 17.2 Å². The first-order valence-corrected chi connectivity index (χ1v) is 6.97. The Labute approximate surface area is 117 Å². The lowest BCUT2D eigenvalue weighted by Gasteiger charge is -2.14. The van der Waals surface area contributed by atoms with Gasteiger partial charge in [0.15, 0.2) is 5.16 Å². The van der Waals surface area contributed by atoms with Gasteiger partial charge in [-0.1, -0.05) is 17.8 Å². The summed E-state index contributed by atoms with van der Waals surface area (Å²) >= 11 is 1.53. The van der Waals surface area contributed by atoms with Crippen molar-refractivity contribution < 1.29 is 13.6 Å². The number of fused-ring (bicyclic) bond motifs is 1. The molecule has 2 aromatic rings. The van der Waals surface area contributed by atoms with Gasteiger partial charge in [-0.25, -0.2) is 8.78 Å². The van der Waals surface area contributed by atoms with E-state index >= 15 is 0 Å². The molecule has 0 atom stereocenters. The molecule has 0 bridgehead atoms. The van der Waals surface area contributed by atoms with Gasteiger partial charge in [-0.2, -0.15) is 0 Å². The van der Waals surface area contributed by atoms with Crippen molar-refractivity contribution in [2.24, 2.45) is 0 Å². The van der Waals surface area contributed by atoms with Crippen LogP contribution >= 0.6 is 11.8 Å². The van der Waals surface area contributed by atoms with E-state index in [4.69, 9.17) is 0 Å². The summed E-state index contributed by atoms with van der Waals surface area (Å²) in [5.41, 5.74) is -0.617. The van der Waals surface area contributed by atoms with E-state index in [9.17, 15) is 13.6 Å². The van der Waals surface area contributed by atoms with Gasteiger partial charge in [-0.05, 0) is 18.6 Å². The molecule has 0 radical (unpaired) electrons. The van der Waals surface area contributed by atoms with Crippen molar-refractivity contribution in [2.45, 2.75) is 18.1 Å². The number of nitrogens with zero attached hydrogens (tertiary/aromatic N) is 3. The van der Waals surface area contributed by atoms with Crippen LogP contribution in [0.2, 0.25) is 0 Å². The fourth-order valence-corrected chi connectivity index (χ4v) is 2.84. The Balaban J connectivity index is 1.88.